The van der Waals surface area contributed by atoms with Crippen LogP contribution < -0.4 is 5.73 Å². The first kappa shape index (κ1) is 11.2. The minimum Gasteiger partial charge on any atom is -0.420 e. The van der Waals surface area contributed by atoms with E-state index < -0.39 is 9.04 Å². The summed E-state index contributed by atoms with van der Waals surface area (Å²) in [6, 6.07) is 2.99. The van der Waals surface area contributed by atoms with Gasteiger partial charge < -0.3 is 10.2 Å². The Morgan fingerprint density at radius 2 is 2.31 bits per heavy atom. The standard InChI is InChI=1S/C10H23NOSi/c1-2-3-6-10(11)9-13-8-5-4-7-12-13/h10,13H,2-9,11H2,1H3. The lowest BCUT2D eigenvalue weighted by molar-refractivity contribution is 0.284. The molecule has 0 aliphatic carbocycles. The molecule has 3 heteroatoms. The van der Waals surface area contributed by atoms with Gasteiger partial charge in [0.1, 0.15) is 0 Å². The Labute approximate surface area is 83.6 Å². The molecule has 0 spiro atoms. The van der Waals surface area contributed by atoms with E-state index in [1.165, 1.54) is 44.2 Å². The Bertz CT molecular complexity index is 126. The van der Waals surface area contributed by atoms with Crippen molar-refractivity contribution in [1.29, 1.82) is 0 Å². The van der Waals surface area contributed by atoms with E-state index in [1.807, 2.05) is 0 Å². The monoisotopic (exact) mass is 201 g/mol. The van der Waals surface area contributed by atoms with Crippen LogP contribution in [0.4, 0.5) is 0 Å². The average Bonchev–Trinajstić information content (AvgIpc) is 2.16. The van der Waals surface area contributed by atoms with Gasteiger partial charge in [0.15, 0.2) is 9.04 Å². The van der Waals surface area contributed by atoms with Crippen LogP contribution in [0.25, 0.3) is 0 Å². The fourth-order valence-electron chi connectivity index (χ4n) is 1.92. The van der Waals surface area contributed by atoms with E-state index in [0.29, 0.717) is 6.04 Å². The minimum atomic E-state index is -0.852. The van der Waals surface area contributed by atoms with Crippen LogP contribution in [0.5, 0.6) is 0 Å². The van der Waals surface area contributed by atoms with Crippen molar-refractivity contribution in [3.63, 3.8) is 0 Å². The Balaban J connectivity index is 2.07. The summed E-state index contributed by atoms with van der Waals surface area (Å²) >= 11 is 0. The molecule has 0 aromatic heterocycles. The van der Waals surface area contributed by atoms with Crippen molar-refractivity contribution in [3.05, 3.63) is 0 Å². The third-order valence-corrected chi connectivity index (χ3v) is 5.66. The lowest BCUT2D eigenvalue weighted by atomic mass is 10.2. The quantitative estimate of drug-likeness (QED) is 0.691. The maximum absolute atomic E-state index is 6.05. The van der Waals surface area contributed by atoms with Crippen LogP contribution in [0.3, 0.4) is 0 Å². The Morgan fingerprint density at radius 3 is 2.92 bits per heavy atom. The molecule has 78 valence electrons. The lowest BCUT2D eigenvalue weighted by Gasteiger charge is -2.23. The molecule has 0 bridgehead atoms. The van der Waals surface area contributed by atoms with Crippen molar-refractivity contribution in [2.45, 2.75) is 57.2 Å². The summed E-state index contributed by atoms with van der Waals surface area (Å²) in [5.74, 6) is 0. The molecular weight excluding hydrogens is 178 g/mol. The first-order valence-corrected chi connectivity index (χ1v) is 7.80. The first-order valence-electron chi connectivity index (χ1n) is 5.70. The summed E-state index contributed by atoms with van der Waals surface area (Å²) in [6.07, 6.45) is 6.40. The number of hydrogen-bond acceptors (Lipinski definition) is 2. The maximum atomic E-state index is 6.05. The highest BCUT2D eigenvalue weighted by atomic mass is 28.3. The Kier molecular flexibility index (Phi) is 5.67. The van der Waals surface area contributed by atoms with Gasteiger partial charge in [-0.2, -0.15) is 0 Å². The predicted molar refractivity (Wildman–Crippen MR) is 59.4 cm³/mol. The van der Waals surface area contributed by atoms with Crippen LogP contribution in [0, 0.1) is 0 Å². The molecule has 1 aliphatic rings. The molecule has 1 heterocycles. The molecule has 2 unspecified atom stereocenters. The summed E-state index contributed by atoms with van der Waals surface area (Å²) < 4.78 is 5.79. The van der Waals surface area contributed by atoms with Gasteiger partial charge in [-0.3, -0.25) is 0 Å². The van der Waals surface area contributed by atoms with Crippen LogP contribution >= 0.6 is 0 Å². The van der Waals surface area contributed by atoms with E-state index >= 15 is 0 Å². The van der Waals surface area contributed by atoms with Gasteiger partial charge in [-0.15, -0.1) is 0 Å². The van der Waals surface area contributed by atoms with Crippen LogP contribution in [-0.2, 0) is 4.43 Å². The number of rotatable bonds is 5. The molecule has 2 N–H and O–H groups in total. The van der Waals surface area contributed by atoms with Gasteiger partial charge in [-0.25, -0.2) is 0 Å². The van der Waals surface area contributed by atoms with E-state index in [-0.39, 0.29) is 0 Å². The molecule has 0 aromatic carbocycles. The van der Waals surface area contributed by atoms with Crippen molar-refractivity contribution in [1.82, 2.24) is 0 Å². The second-order valence-electron chi connectivity index (χ2n) is 4.13. The highest BCUT2D eigenvalue weighted by Crippen LogP contribution is 2.16. The molecule has 0 saturated carbocycles. The summed E-state index contributed by atoms with van der Waals surface area (Å²) in [4.78, 5) is 0. The Morgan fingerprint density at radius 1 is 1.46 bits per heavy atom. The molecule has 13 heavy (non-hydrogen) atoms. The van der Waals surface area contributed by atoms with Crippen LogP contribution in [0.2, 0.25) is 12.1 Å². The van der Waals surface area contributed by atoms with Gasteiger partial charge in [0, 0.05) is 12.6 Å². The lowest BCUT2D eigenvalue weighted by Crippen LogP contribution is -2.32. The smallest absolute Gasteiger partial charge is 0.178 e. The van der Waals surface area contributed by atoms with Gasteiger partial charge in [-0.1, -0.05) is 26.2 Å². The third kappa shape index (κ3) is 4.79. The van der Waals surface area contributed by atoms with Gasteiger partial charge in [0.05, 0.1) is 0 Å². The normalized spacial score (nSPS) is 25.8. The zero-order valence-corrected chi connectivity index (χ0v) is 9.95. The fourth-order valence-corrected chi connectivity index (χ4v) is 4.61. The van der Waals surface area contributed by atoms with Crippen LogP contribution in [0.1, 0.15) is 39.0 Å². The molecule has 1 fully saturated rings. The van der Waals surface area contributed by atoms with Crippen molar-refractivity contribution in [2.75, 3.05) is 6.61 Å². The third-order valence-electron chi connectivity index (χ3n) is 2.77. The second-order valence-corrected chi connectivity index (χ2v) is 6.75. The minimum absolute atomic E-state index is 0.426. The van der Waals surface area contributed by atoms with Crippen molar-refractivity contribution < 1.29 is 4.43 Å². The van der Waals surface area contributed by atoms with Gasteiger partial charge >= 0.3 is 0 Å². The predicted octanol–water partition coefficient (Wildman–Crippen LogP) is 2.04. The zero-order valence-electron chi connectivity index (χ0n) is 8.80. The fraction of sp³-hybridized carbons (Fsp3) is 1.00. The summed E-state index contributed by atoms with van der Waals surface area (Å²) in [5.41, 5.74) is 6.05. The van der Waals surface area contributed by atoms with Crippen molar-refractivity contribution >= 4 is 9.04 Å². The molecule has 1 saturated heterocycles. The molecule has 2 atom stereocenters. The number of unbranched alkanes of at least 4 members (excludes halogenated alkanes) is 1. The highest BCUT2D eigenvalue weighted by molar-refractivity contribution is 6.52. The zero-order chi connectivity index (χ0) is 9.52. The average molecular weight is 201 g/mol. The number of hydrogen-bond donors (Lipinski definition) is 1. The molecular formula is C10H23NOSi. The molecule has 0 amide bonds. The SMILES string of the molecule is CCCCC(N)C[SiH]1CCCCO1. The second kappa shape index (κ2) is 6.57. The van der Waals surface area contributed by atoms with Crippen molar-refractivity contribution in [3.8, 4) is 0 Å². The van der Waals surface area contributed by atoms with Crippen LogP contribution in [-0.4, -0.2) is 21.7 Å². The topological polar surface area (TPSA) is 35.2 Å². The molecule has 0 radical (unpaired) electrons. The highest BCUT2D eigenvalue weighted by Gasteiger charge is 2.18. The molecule has 0 aromatic rings. The van der Waals surface area contributed by atoms with E-state index in [1.54, 1.807) is 0 Å². The molecule has 1 aliphatic heterocycles. The molecule has 2 nitrogen and oxygen atoms in total. The van der Waals surface area contributed by atoms with E-state index in [0.717, 1.165) is 6.61 Å². The van der Waals surface area contributed by atoms with E-state index in [9.17, 15) is 0 Å². The Hall–Kier alpha value is 0.137. The summed E-state index contributed by atoms with van der Waals surface area (Å²) in [7, 11) is -0.852. The number of nitrogens with two attached hydrogens (primary N) is 1. The van der Waals surface area contributed by atoms with Gasteiger partial charge in [-0.05, 0) is 24.9 Å². The van der Waals surface area contributed by atoms with E-state index in [4.69, 9.17) is 10.2 Å². The first-order chi connectivity index (χ1) is 6.33. The summed E-state index contributed by atoms with van der Waals surface area (Å²) in [5, 5.41) is 0. The summed E-state index contributed by atoms with van der Waals surface area (Å²) in [6.45, 7) is 3.23. The maximum Gasteiger partial charge on any atom is 0.178 e. The molecule has 1 rings (SSSR count). The van der Waals surface area contributed by atoms with Crippen LogP contribution in [0.15, 0.2) is 0 Å². The van der Waals surface area contributed by atoms with Crippen molar-refractivity contribution in [2.24, 2.45) is 5.73 Å². The van der Waals surface area contributed by atoms with Gasteiger partial charge in [0.2, 0.25) is 0 Å². The van der Waals surface area contributed by atoms with E-state index in [2.05, 4.69) is 6.92 Å². The largest absolute Gasteiger partial charge is 0.420 e. The van der Waals surface area contributed by atoms with Gasteiger partial charge in [0.25, 0.3) is 0 Å².